The quantitative estimate of drug-likeness (QED) is 0.918. The molecule has 2 N–H and O–H groups in total. The summed E-state index contributed by atoms with van der Waals surface area (Å²) >= 11 is 0. The number of hydrogen-bond acceptors (Lipinski definition) is 3. The Hall–Kier alpha value is -1.81. The van der Waals surface area contributed by atoms with Crippen LogP contribution in [0.15, 0.2) is 30.3 Å². The Morgan fingerprint density at radius 1 is 1.37 bits per heavy atom. The van der Waals surface area contributed by atoms with E-state index < -0.39 is 0 Å². The summed E-state index contributed by atoms with van der Waals surface area (Å²) in [6, 6.07) is 9.92. The molecule has 1 aromatic carbocycles. The Balaban J connectivity index is 1.82. The van der Waals surface area contributed by atoms with Crippen LogP contribution < -0.4 is 10.5 Å². The van der Waals surface area contributed by atoms with Crippen molar-refractivity contribution >= 4 is 0 Å². The molecule has 0 saturated carbocycles. The molecule has 0 bridgehead atoms. The number of benzene rings is 1. The minimum atomic E-state index is 0.104. The summed E-state index contributed by atoms with van der Waals surface area (Å²) in [5.41, 5.74) is 9.67. The smallest absolute Gasteiger partial charge is 0.132 e. The predicted octanol–water partition coefficient (Wildman–Crippen LogP) is 2.34. The van der Waals surface area contributed by atoms with Crippen LogP contribution in [0.1, 0.15) is 35.8 Å². The van der Waals surface area contributed by atoms with Crippen LogP contribution in [0.25, 0.3) is 0 Å². The van der Waals surface area contributed by atoms with Crippen molar-refractivity contribution in [3.63, 3.8) is 0 Å². The number of aromatic nitrogens is 2. The van der Waals surface area contributed by atoms with E-state index in [0.717, 1.165) is 30.7 Å². The fraction of sp³-hybridized carbons (Fsp3) is 0.400. The van der Waals surface area contributed by atoms with Gasteiger partial charge in [0.1, 0.15) is 18.1 Å². The van der Waals surface area contributed by atoms with Crippen molar-refractivity contribution in [3.05, 3.63) is 47.3 Å². The van der Waals surface area contributed by atoms with Crippen molar-refractivity contribution in [2.75, 3.05) is 0 Å². The van der Waals surface area contributed by atoms with Gasteiger partial charge in [-0.2, -0.15) is 5.10 Å². The molecule has 3 rings (SSSR count). The lowest BCUT2D eigenvalue weighted by molar-refractivity contribution is 0.298. The molecular formula is C15H19N3O. The van der Waals surface area contributed by atoms with Gasteiger partial charge in [-0.25, -0.2) is 0 Å². The summed E-state index contributed by atoms with van der Waals surface area (Å²) in [5.74, 6) is 0.867. The minimum Gasteiger partial charge on any atom is -0.487 e. The van der Waals surface area contributed by atoms with Gasteiger partial charge in [-0.15, -0.1) is 0 Å². The number of nitrogens with zero attached hydrogens (tertiary/aromatic N) is 2. The number of nitrogens with two attached hydrogens (primary N) is 1. The van der Waals surface area contributed by atoms with Gasteiger partial charge in [0.2, 0.25) is 0 Å². The highest BCUT2D eigenvalue weighted by Gasteiger charge is 2.25. The normalized spacial score (nSPS) is 18.1. The molecule has 19 heavy (non-hydrogen) atoms. The van der Waals surface area contributed by atoms with Crippen molar-refractivity contribution in [3.8, 4) is 5.75 Å². The van der Waals surface area contributed by atoms with Crippen LogP contribution in [-0.2, 0) is 20.1 Å². The van der Waals surface area contributed by atoms with E-state index in [9.17, 15) is 0 Å². The third-order valence-electron chi connectivity index (χ3n) is 3.70. The number of rotatable bonds is 3. The molecular weight excluding hydrogens is 238 g/mol. The molecule has 0 saturated heterocycles. The monoisotopic (exact) mass is 257 g/mol. The highest BCUT2D eigenvalue weighted by molar-refractivity contribution is 5.32. The largest absolute Gasteiger partial charge is 0.487 e. The van der Waals surface area contributed by atoms with Crippen molar-refractivity contribution in [1.29, 1.82) is 0 Å². The molecule has 4 heteroatoms. The van der Waals surface area contributed by atoms with E-state index in [1.807, 2.05) is 42.1 Å². The van der Waals surface area contributed by atoms with Crippen LogP contribution >= 0.6 is 0 Å². The van der Waals surface area contributed by atoms with E-state index in [1.54, 1.807) is 0 Å². The lowest BCUT2D eigenvalue weighted by Crippen LogP contribution is -2.19. The fourth-order valence-corrected chi connectivity index (χ4v) is 2.77. The fourth-order valence-electron chi connectivity index (χ4n) is 2.77. The second-order valence-corrected chi connectivity index (χ2v) is 5.03. The second-order valence-electron chi connectivity index (χ2n) is 5.03. The van der Waals surface area contributed by atoms with Gasteiger partial charge < -0.3 is 10.5 Å². The molecule has 0 spiro atoms. The molecule has 100 valence electrons. The maximum Gasteiger partial charge on any atom is 0.132 e. The molecule has 2 aromatic rings. The van der Waals surface area contributed by atoms with Gasteiger partial charge in [-0.1, -0.05) is 18.2 Å². The highest BCUT2D eigenvalue weighted by Crippen LogP contribution is 2.30. The Labute approximate surface area is 113 Å². The number of para-hydroxylation sites is 1. The van der Waals surface area contributed by atoms with Gasteiger partial charge in [-0.05, 0) is 31.4 Å². The Morgan fingerprint density at radius 3 is 2.95 bits per heavy atom. The summed E-state index contributed by atoms with van der Waals surface area (Å²) < 4.78 is 7.74. The van der Waals surface area contributed by atoms with Gasteiger partial charge in [-0.3, -0.25) is 4.68 Å². The summed E-state index contributed by atoms with van der Waals surface area (Å²) in [6.45, 7) is 0.487. The second kappa shape index (κ2) is 5.05. The van der Waals surface area contributed by atoms with Crippen LogP contribution in [0.3, 0.4) is 0 Å². The van der Waals surface area contributed by atoms with Gasteiger partial charge in [0.05, 0.1) is 0 Å². The molecule has 1 aromatic heterocycles. The first kappa shape index (κ1) is 12.2. The number of fused-ring (bicyclic) bond motifs is 1. The number of hydrogen-bond donors (Lipinski definition) is 1. The highest BCUT2D eigenvalue weighted by atomic mass is 16.5. The van der Waals surface area contributed by atoms with Crippen LogP contribution in [0.4, 0.5) is 0 Å². The Bertz CT molecular complexity index is 562. The standard InChI is InChI=1S/C15H19N3O/c1-18-14-9-5-8-12(16)15(14)13(17-18)10-19-11-6-3-2-4-7-11/h2-4,6-7,12H,5,8-10,16H2,1H3. The molecule has 0 aliphatic heterocycles. The SMILES string of the molecule is Cn1nc(COc2ccccc2)c2c1CCCC2N. The van der Waals surface area contributed by atoms with E-state index in [2.05, 4.69) is 5.10 Å². The maximum atomic E-state index is 6.22. The minimum absolute atomic E-state index is 0.104. The third kappa shape index (κ3) is 2.36. The van der Waals surface area contributed by atoms with Crippen molar-refractivity contribution in [2.24, 2.45) is 12.8 Å². The molecule has 1 aliphatic carbocycles. The van der Waals surface area contributed by atoms with Crippen LogP contribution in [0.2, 0.25) is 0 Å². The van der Waals surface area contributed by atoms with Crippen molar-refractivity contribution in [1.82, 2.24) is 9.78 Å². The molecule has 0 amide bonds. The molecule has 1 aliphatic rings. The van der Waals surface area contributed by atoms with Crippen molar-refractivity contribution in [2.45, 2.75) is 31.9 Å². The Kier molecular flexibility index (Phi) is 3.25. The van der Waals surface area contributed by atoms with Crippen molar-refractivity contribution < 1.29 is 4.74 Å². The zero-order valence-electron chi connectivity index (χ0n) is 11.2. The van der Waals surface area contributed by atoms with E-state index in [0.29, 0.717) is 6.61 Å². The zero-order valence-corrected chi connectivity index (χ0v) is 11.2. The molecule has 0 radical (unpaired) electrons. The molecule has 1 unspecified atom stereocenters. The first-order valence-corrected chi connectivity index (χ1v) is 6.74. The summed E-state index contributed by atoms with van der Waals surface area (Å²) in [6.07, 6.45) is 3.25. The molecule has 4 nitrogen and oxygen atoms in total. The topological polar surface area (TPSA) is 53.1 Å². The van der Waals surface area contributed by atoms with Gasteiger partial charge in [0.25, 0.3) is 0 Å². The summed E-state index contributed by atoms with van der Waals surface area (Å²) in [7, 11) is 1.99. The van der Waals surface area contributed by atoms with E-state index in [4.69, 9.17) is 10.5 Å². The molecule has 1 atom stereocenters. The number of aryl methyl sites for hydroxylation is 1. The zero-order chi connectivity index (χ0) is 13.2. The van der Waals surface area contributed by atoms with Crippen LogP contribution in [-0.4, -0.2) is 9.78 Å². The van der Waals surface area contributed by atoms with Gasteiger partial charge in [0.15, 0.2) is 0 Å². The predicted molar refractivity (Wildman–Crippen MR) is 73.8 cm³/mol. The van der Waals surface area contributed by atoms with Gasteiger partial charge in [0, 0.05) is 24.3 Å². The van der Waals surface area contributed by atoms with E-state index in [-0.39, 0.29) is 6.04 Å². The average molecular weight is 257 g/mol. The number of ether oxygens (including phenoxy) is 1. The Morgan fingerprint density at radius 2 is 2.16 bits per heavy atom. The van der Waals surface area contributed by atoms with Gasteiger partial charge >= 0.3 is 0 Å². The average Bonchev–Trinajstić information content (AvgIpc) is 2.76. The molecule has 0 fully saturated rings. The summed E-state index contributed by atoms with van der Waals surface area (Å²) in [5, 5.41) is 4.57. The maximum absolute atomic E-state index is 6.22. The van der Waals surface area contributed by atoms with E-state index in [1.165, 1.54) is 11.3 Å². The van der Waals surface area contributed by atoms with E-state index >= 15 is 0 Å². The summed E-state index contributed by atoms with van der Waals surface area (Å²) in [4.78, 5) is 0. The lowest BCUT2D eigenvalue weighted by Gasteiger charge is -2.19. The first-order chi connectivity index (χ1) is 9.25. The van der Waals surface area contributed by atoms with Crippen LogP contribution in [0, 0.1) is 0 Å². The lowest BCUT2D eigenvalue weighted by atomic mass is 9.91. The first-order valence-electron chi connectivity index (χ1n) is 6.74. The third-order valence-corrected chi connectivity index (χ3v) is 3.70. The van der Waals surface area contributed by atoms with Crippen LogP contribution in [0.5, 0.6) is 5.75 Å². The molecule has 1 heterocycles.